The van der Waals surface area contributed by atoms with Crippen LogP contribution < -0.4 is 26.9 Å². The molecule has 0 radical (unpaired) electrons. The minimum atomic E-state index is -1.22. The van der Waals surface area contributed by atoms with Gasteiger partial charge in [0.1, 0.15) is 0 Å². The monoisotopic (exact) mass is 1030 g/mol. The van der Waals surface area contributed by atoms with Gasteiger partial charge >= 0.3 is 378 Å². The van der Waals surface area contributed by atoms with Crippen LogP contribution in [-0.2, 0) is 41.6 Å². The number of esters is 1. The van der Waals surface area contributed by atoms with Gasteiger partial charge < -0.3 is 0 Å². The Kier molecular flexibility index (Phi) is 12.3. The van der Waals surface area contributed by atoms with Crippen molar-refractivity contribution in [3.05, 3.63) is 70.8 Å². The number of alkyl halides is 1. The number of hydrogen-bond donors (Lipinski definition) is 1. The number of nitrogens with zero attached hydrogens (tertiary/aromatic N) is 8. The van der Waals surface area contributed by atoms with Crippen molar-refractivity contribution in [3.63, 3.8) is 0 Å². The van der Waals surface area contributed by atoms with Crippen LogP contribution in [0.3, 0.4) is 0 Å². The number of aromatic nitrogens is 3. The third-order valence-electron chi connectivity index (χ3n) is 14.2. The number of likely N-dealkylation sites (N-methyl/N-ethyl adjacent to an activating group) is 2. The molecule has 66 heavy (non-hydrogen) atoms. The molecular formula is C48H59IN9O7S-. The molecule has 5 amide bonds. The van der Waals surface area contributed by atoms with Crippen molar-refractivity contribution in [3.8, 4) is 22.5 Å². The summed E-state index contributed by atoms with van der Waals surface area (Å²) >= 11 is 0.239. The molecule has 6 bridgehead atoms. The third kappa shape index (κ3) is 7.68. The number of ether oxygens (including phenoxy) is 2. The fourth-order valence-corrected chi connectivity index (χ4v) is 14.7. The summed E-state index contributed by atoms with van der Waals surface area (Å²) in [6.45, 7) is 15.7. The van der Waals surface area contributed by atoms with E-state index in [4.69, 9.17) is 19.4 Å². The number of likely N-dealkylation sites (tertiary alicyclic amines) is 1. The van der Waals surface area contributed by atoms with Gasteiger partial charge in [-0.3, -0.25) is 4.98 Å². The first kappa shape index (κ1) is 46.2. The zero-order valence-electron chi connectivity index (χ0n) is 38.9. The number of fused-ring (bicyclic) bond motifs is 8. The van der Waals surface area contributed by atoms with E-state index < -0.39 is 54.6 Å². The quantitative estimate of drug-likeness (QED) is 0.0555. The fraction of sp³-hybridized carbons (Fsp3) is 0.521. The van der Waals surface area contributed by atoms with Gasteiger partial charge in [-0.05, 0) is 6.07 Å². The number of halogens is 1. The molecule has 7 heterocycles. The van der Waals surface area contributed by atoms with Crippen LogP contribution in [0.5, 0.6) is 0 Å². The Bertz CT molecular complexity index is 2630. The van der Waals surface area contributed by atoms with Crippen LogP contribution in [0.1, 0.15) is 82.2 Å². The van der Waals surface area contributed by atoms with Gasteiger partial charge in [0.05, 0.1) is 0 Å². The van der Waals surface area contributed by atoms with E-state index >= 15 is 4.79 Å². The zero-order valence-corrected chi connectivity index (χ0v) is 41.8. The molecule has 1 aromatic carbocycles. The second-order valence-electron chi connectivity index (χ2n) is 19.1. The van der Waals surface area contributed by atoms with Gasteiger partial charge in [0.2, 0.25) is 0 Å². The van der Waals surface area contributed by atoms with Gasteiger partial charge in [-0.1, -0.05) is 0 Å². The van der Waals surface area contributed by atoms with Crippen LogP contribution in [0.4, 0.5) is 4.79 Å². The third-order valence-corrected chi connectivity index (χ3v) is 18.5. The van der Waals surface area contributed by atoms with Crippen molar-refractivity contribution in [2.24, 2.45) is 11.3 Å². The van der Waals surface area contributed by atoms with E-state index in [9.17, 15) is 19.2 Å². The topological polar surface area (TPSA) is 163 Å². The van der Waals surface area contributed by atoms with Crippen molar-refractivity contribution >= 4 is 52.0 Å². The summed E-state index contributed by atoms with van der Waals surface area (Å²) < 4.78 is 15.5. The summed E-state index contributed by atoms with van der Waals surface area (Å²) in [5.41, 5.74) is 9.40. The van der Waals surface area contributed by atoms with Crippen molar-refractivity contribution in [2.45, 2.75) is 101 Å². The summed E-state index contributed by atoms with van der Waals surface area (Å²) in [7, 11) is 5.06. The number of rotatable bonds is 7. The Morgan fingerprint density at radius 1 is 1.15 bits per heavy atom. The minimum absolute atomic E-state index is 0.0836. The van der Waals surface area contributed by atoms with Gasteiger partial charge in [0, 0.05) is 13.3 Å². The maximum atomic E-state index is 15.1. The molecular weight excluding hydrogens is 974 g/mol. The summed E-state index contributed by atoms with van der Waals surface area (Å²) in [5.74, 6) is -1.78. The molecule has 1 aliphatic carbocycles. The van der Waals surface area contributed by atoms with Gasteiger partial charge in [-0.15, -0.1) is 0 Å². The number of amides is 5. The van der Waals surface area contributed by atoms with Crippen molar-refractivity contribution in [2.75, 3.05) is 47.4 Å². The summed E-state index contributed by atoms with van der Waals surface area (Å²) in [6.07, 6.45) is 4.47. The SMILES string of the molecule is C=CC(=O)N(C)[C@@H]1CCN(C(=O)N(C)[C@H](C(=O)N2[I-][C@@]23Cc2nc(cs2)-c2ccc4c(c2)c2c(n4CC)-c4cccnc4[C@@H](OC)C2C(C)(C)COC(=O)[C@@H]2CCCN(N2)C3=O)C(C)C)C1. The predicted molar refractivity (Wildman–Crippen MR) is 245 cm³/mol. The standard InChI is InChI=1S/C48H59IN9O7S/c1-10-36(59)53(7)29-18-21-55(24-29)46(63)54(8)40(27(3)4)43(60)58-48(49-58)23-35-51-33(25-66-35)28-16-17-34-31(22-28)37-38(42(64-9)39-30(14-12-19-50-39)41(37)56(34)11-2)47(5,6)26-65-44(61)32-15-13-20-57(52-32)45(48)62/h10,12,14,16-17,19,22,25,27,29,32,38,40,42,52H,1,11,13,15,18,20-21,23-24,26H2,2-9H3/q-1/t29-,32+,38?,40+,42+,48+,58?/m1/s1. The number of urea groups is 1. The molecule has 3 aromatic heterocycles. The van der Waals surface area contributed by atoms with E-state index in [1.807, 2.05) is 25.3 Å². The number of thiazole rings is 1. The van der Waals surface area contributed by atoms with E-state index in [0.717, 1.165) is 44.7 Å². The summed E-state index contributed by atoms with van der Waals surface area (Å²) in [5, 5.41) is 5.30. The first-order valence-corrected chi connectivity index (χ1v) is 25.7. The van der Waals surface area contributed by atoms with Gasteiger partial charge in [-0.2, -0.15) is 0 Å². The number of hydrazine groups is 1. The molecule has 0 saturated carbocycles. The van der Waals surface area contributed by atoms with Crippen molar-refractivity contribution in [1.82, 2.24) is 42.8 Å². The number of hydrogen-bond acceptors (Lipinski definition) is 11. The molecule has 1 N–H and O–H groups in total. The normalized spacial score (nSPS) is 25.2. The number of pyridine rings is 1. The average Bonchev–Trinajstić information content (AvgIpc) is 3.62. The molecule has 6 atom stereocenters. The maximum absolute atomic E-state index is 15.1. The molecule has 4 aliphatic heterocycles. The molecule has 4 aromatic rings. The van der Waals surface area contributed by atoms with Crippen LogP contribution in [0.15, 0.2) is 54.6 Å². The van der Waals surface area contributed by atoms with Crippen LogP contribution in [-0.4, -0.2) is 136 Å². The van der Waals surface area contributed by atoms with Crippen molar-refractivity contribution in [1.29, 1.82) is 0 Å². The first-order valence-electron chi connectivity index (χ1n) is 22.8. The van der Waals surface area contributed by atoms with Gasteiger partial charge in [-0.25, -0.2) is 0 Å². The molecule has 16 nitrogen and oxygen atoms in total. The Morgan fingerprint density at radius 3 is 2.67 bits per heavy atom. The number of cyclic esters (lactones) is 1. The van der Waals surface area contributed by atoms with E-state index in [-0.39, 0.29) is 54.7 Å². The van der Waals surface area contributed by atoms with Gasteiger partial charge in [0.15, 0.2) is 0 Å². The molecule has 1 spiro atoms. The number of aryl methyl sites for hydroxylation is 1. The predicted octanol–water partition coefficient (Wildman–Crippen LogP) is 2.59. The van der Waals surface area contributed by atoms with Gasteiger partial charge in [0.25, 0.3) is 0 Å². The van der Waals surface area contributed by atoms with Crippen LogP contribution in [0.2, 0.25) is 0 Å². The van der Waals surface area contributed by atoms with Crippen molar-refractivity contribution < 1.29 is 54.9 Å². The zero-order chi connectivity index (χ0) is 47.0. The fourth-order valence-electron chi connectivity index (χ4n) is 10.7. The van der Waals surface area contributed by atoms with E-state index in [0.29, 0.717) is 50.4 Å². The first-order chi connectivity index (χ1) is 31.5. The Morgan fingerprint density at radius 2 is 1.94 bits per heavy atom. The number of nitrogens with one attached hydrogen (secondary N) is 1. The Hall–Kier alpha value is -4.92. The Balaban J connectivity index is 1.09. The number of carbonyl (C=O) groups is 5. The second kappa shape index (κ2) is 17.6. The van der Waals surface area contributed by atoms with E-state index in [1.54, 1.807) is 40.3 Å². The van der Waals surface area contributed by atoms with Crippen LogP contribution in [0, 0.1) is 11.3 Å². The number of benzene rings is 1. The molecule has 3 saturated heterocycles. The number of carbonyl (C=O) groups excluding carboxylic acids is 5. The molecule has 18 heteroatoms. The summed E-state index contributed by atoms with van der Waals surface area (Å²) in [4.78, 5) is 85.5. The van der Waals surface area contributed by atoms with E-state index in [1.165, 1.54) is 27.3 Å². The molecule has 352 valence electrons. The second-order valence-corrected chi connectivity index (χ2v) is 23.3. The summed E-state index contributed by atoms with van der Waals surface area (Å²) in [6, 6.07) is 8.39. The molecule has 1 unspecified atom stereocenters. The molecule has 5 aliphatic rings. The average molecular weight is 1030 g/mol. The molecule has 3 fully saturated rings. The van der Waals surface area contributed by atoms with E-state index in [2.05, 4.69) is 61.6 Å². The number of methoxy groups -OCH3 is 1. The van der Waals surface area contributed by atoms with Crippen LogP contribution in [0.25, 0.3) is 33.4 Å². The molecule has 9 rings (SSSR count). The van der Waals surface area contributed by atoms with Crippen LogP contribution >= 0.6 is 11.3 Å². The Labute approximate surface area is 400 Å².